The molecule has 1 aromatic heterocycles. The first kappa shape index (κ1) is 31.3. The van der Waals surface area contributed by atoms with E-state index < -0.39 is 0 Å². The zero-order valence-electron chi connectivity index (χ0n) is 24.2. The molecule has 0 atom stereocenters. The molecule has 1 heterocycles. The summed E-state index contributed by atoms with van der Waals surface area (Å²) in [5.74, 6) is 1.06. The lowest BCUT2D eigenvalue weighted by molar-refractivity contribution is -0.116. The second-order valence-corrected chi connectivity index (χ2v) is 10.3. The quantitative estimate of drug-likeness (QED) is 0.283. The van der Waals surface area contributed by atoms with Gasteiger partial charge in [0.05, 0.1) is 6.54 Å². The maximum Gasteiger partial charge on any atom is 0.225 e. The molecule has 0 radical (unpaired) electrons. The Morgan fingerprint density at radius 3 is 2.37 bits per heavy atom. The van der Waals surface area contributed by atoms with E-state index >= 15 is 0 Å². The third-order valence-electron chi connectivity index (χ3n) is 6.66. The minimum absolute atomic E-state index is 0.0196. The molecule has 38 heavy (non-hydrogen) atoms. The van der Waals surface area contributed by atoms with Crippen molar-refractivity contribution in [1.82, 2.24) is 9.55 Å². The highest BCUT2D eigenvalue weighted by molar-refractivity contribution is 6.04. The fourth-order valence-corrected chi connectivity index (χ4v) is 4.77. The Morgan fingerprint density at radius 1 is 1.13 bits per heavy atom. The third-order valence-corrected chi connectivity index (χ3v) is 6.66. The summed E-state index contributed by atoms with van der Waals surface area (Å²) in [6.07, 6.45) is 9.72. The Labute approximate surface area is 228 Å². The molecule has 8 heteroatoms. The Morgan fingerprint density at radius 2 is 1.82 bits per heavy atom. The van der Waals surface area contributed by atoms with Crippen LogP contribution in [0, 0.1) is 6.92 Å². The van der Waals surface area contributed by atoms with Crippen LogP contribution in [0.15, 0.2) is 18.2 Å². The molecule has 0 unspecified atom stereocenters. The molecular formula is C30H47FN4O3. The van der Waals surface area contributed by atoms with Crippen LogP contribution in [0.5, 0.6) is 5.75 Å². The lowest BCUT2D eigenvalue weighted by Crippen LogP contribution is -2.31. The monoisotopic (exact) mass is 530 g/mol. The van der Waals surface area contributed by atoms with E-state index in [1.165, 1.54) is 19.8 Å². The van der Waals surface area contributed by atoms with Gasteiger partial charge in [-0.05, 0) is 49.8 Å². The number of aryl methyl sites for hydroxylation is 1. The van der Waals surface area contributed by atoms with Gasteiger partial charge >= 0.3 is 0 Å². The largest absolute Gasteiger partial charge is 0.353 e. The molecule has 0 spiro atoms. The molecule has 1 saturated carbocycles. The average Bonchev–Trinajstić information content (AvgIpc) is 3.23. The summed E-state index contributed by atoms with van der Waals surface area (Å²) in [5.41, 5.74) is 2.03. The van der Waals surface area contributed by atoms with Crippen LogP contribution < -0.4 is 15.2 Å². The van der Waals surface area contributed by atoms with Crippen molar-refractivity contribution >= 4 is 23.5 Å². The number of nitrogens with zero attached hydrogens (tertiary/aromatic N) is 3. The van der Waals surface area contributed by atoms with Crippen LogP contribution in [0.25, 0.3) is 0 Å². The number of anilines is 2. The first-order chi connectivity index (χ1) is 18.3. The number of carbonyl (C=O) groups is 2. The molecule has 1 aliphatic carbocycles. The number of aromatic nitrogens is 2. The minimum Gasteiger partial charge on any atom is -0.353 e. The summed E-state index contributed by atoms with van der Waals surface area (Å²) < 4.78 is 14.7. The van der Waals surface area contributed by atoms with Crippen LogP contribution in [-0.2, 0) is 11.3 Å². The van der Waals surface area contributed by atoms with E-state index in [9.17, 15) is 14.1 Å². The number of nitrogens with one attached hydrogen (secondary N) is 1. The minimum atomic E-state index is -0.134. The number of amides is 1. The van der Waals surface area contributed by atoms with Crippen molar-refractivity contribution < 1.29 is 19.1 Å². The summed E-state index contributed by atoms with van der Waals surface area (Å²) in [6.45, 7) is 12.5. The van der Waals surface area contributed by atoms with E-state index in [2.05, 4.69) is 31.0 Å². The summed E-state index contributed by atoms with van der Waals surface area (Å²) >= 11 is 0. The predicted octanol–water partition coefficient (Wildman–Crippen LogP) is 7.80. The van der Waals surface area contributed by atoms with Crippen molar-refractivity contribution in [2.45, 2.75) is 118 Å². The number of ketones is 1. The van der Waals surface area contributed by atoms with Gasteiger partial charge in [0.15, 0.2) is 17.4 Å². The van der Waals surface area contributed by atoms with Crippen LogP contribution in [0.3, 0.4) is 0 Å². The first-order valence-corrected chi connectivity index (χ1v) is 14.4. The lowest BCUT2D eigenvalue weighted by Gasteiger charge is -2.24. The lowest BCUT2D eigenvalue weighted by atomic mass is 9.96. The summed E-state index contributed by atoms with van der Waals surface area (Å²) in [6, 6.07) is 5.51. The van der Waals surface area contributed by atoms with Gasteiger partial charge in [0, 0.05) is 30.5 Å². The molecule has 2 aromatic rings. The number of carbonyl (C=O) groups excluding carboxylic acids is 2. The fourth-order valence-electron chi connectivity index (χ4n) is 4.77. The number of halogens is 1. The van der Waals surface area contributed by atoms with Crippen LogP contribution in [-0.4, -0.2) is 33.8 Å². The average molecular weight is 531 g/mol. The third kappa shape index (κ3) is 8.57. The smallest absolute Gasteiger partial charge is 0.225 e. The zero-order chi connectivity index (χ0) is 28.1. The molecule has 212 valence electrons. The van der Waals surface area contributed by atoms with Gasteiger partial charge in [-0.25, -0.2) is 0 Å². The molecule has 1 N–H and O–H groups in total. The predicted molar refractivity (Wildman–Crippen MR) is 153 cm³/mol. The zero-order valence-corrected chi connectivity index (χ0v) is 24.2. The highest BCUT2D eigenvalue weighted by Crippen LogP contribution is 2.31. The van der Waals surface area contributed by atoms with Crippen molar-refractivity contribution in [3.63, 3.8) is 0 Å². The molecule has 1 fully saturated rings. The highest BCUT2D eigenvalue weighted by Gasteiger charge is 2.29. The Bertz CT molecular complexity index is 1030. The maximum atomic E-state index is 13.5. The fraction of sp³-hybridized carbons (Fsp3) is 0.633. The van der Waals surface area contributed by atoms with Gasteiger partial charge in [-0.3, -0.25) is 19.4 Å². The highest BCUT2D eigenvalue weighted by atomic mass is 19.3. The number of rotatable bonds is 12. The number of unbranched alkanes of at least 4 members (excludes halogenated alkanes) is 1. The van der Waals surface area contributed by atoms with Crippen LogP contribution in [0.4, 0.5) is 16.3 Å². The van der Waals surface area contributed by atoms with E-state index in [1.807, 2.05) is 17.6 Å². The van der Waals surface area contributed by atoms with Gasteiger partial charge in [-0.1, -0.05) is 71.9 Å². The topological polar surface area (TPSA) is 76.5 Å². The summed E-state index contributed by atoms with van der Waals surface area (Å²) in [5, 5.41) is 3.59. The molecule has 1 amide bonds. The maximum absolute atomic E-state index is 13.5. The van der Waals surface area contributed by atoms with E-state index in [-0.39, 0.29) is 23.5 Å². The van der Waals surface area contributed by atoms with Crippen molar-refractivity contribution in [2.24, 2.45) is 0 Å². The van der Waals surface area contributed by atoms with Crippen LogP contribution in [0.2, 0.25) is 0 Å². The Balaban J connectivity index is 0.00000161. The van der Waals surface area contributed by atoms with E-state index in [1.54, 1.807) is 24.0 Å². The molecular weight excluding hydrogens is 483 g/mol. The molecule has 1 aromatic carbocycles. The van der Waals surface area contributed by atoms with Crippen molar-refractivity contribution in [1.29, 1.82) is 0 Å². The standard InChI is InChI=1S/C27H39FN4O3.C3H8/c1-5-7-13-23(34)25-26(31(16-6-2)20(4)33)30-27(29-22-11-9-8-10-12-22)32(25)18-21-14-15-24(35-28)19(3)17-21;1-3-2/h14-15,17,22H,5-13,16,18H2,1-4H3,(H,29,30);3H2,1-2H3. The van der Waals surface area contributed by atoms with E-state index in [4.69, 9.17) is 4.98 Å². The second-order valence-electron chi connectivity index (χ2n) is 10.3. The van der Waals surface area contributed by atoms with Gasteiger partial charge in [-0.15, -0.1) is 0 Å². The Hall–Kier alpha value is -2.90. The molecule has 0 saturated heterocycles. The molecule has 3 rings (SSSR count). The molecule has 1 aliphatic rings. The normalized spacial score (nSPS) is 13.4. The van der Waals surface area contributed by atoms with E-state index in [0.717, 1.165) is 50.5 Å². The summed E-state index contributed by atoms with van der Waals surface area (Å²) in [7, 11) is 0. The van der Waals surface area contributed by atoms with Crippen molar-refractivity contribution in [3.8, 4) is 5.75 Å². The van der Waals surface area contributed by atoms with Gasteiger partial charge in [0.1, 0.15) is 5.69 Å². The van der Waals surface area contributed by atoms with Gasteiger partial charge in [-0.2, -0.15) is 4.98 Å². The number of benzene rings is 1. The summed E-state index contributed by atoms with van der Waals surface area (Å²) in [4.78, 5) is 36.6. The second kappa shape index (κ2) is 16.1. The molecule has 0 bridgehead atoms. The van der Waals surface area contributed by atoms with Crippen molar-refractivity contribution in [2.75, 3.05) is 16.8 Å². The Kier molecular flexibility index (Phi) is 13.3. The number of imidazole rings is 1. The van der Waals surface area contributed by atoms with Gasteiger partial charge in [0.2, 0.25) is 11.9 Å². The van der Waals surface area contributed by atoms with Gasteiger partial charge < -0.3 is 9.88 Å². The number of Topliss-reactive ketones (excluding diaryl/α,β-unsaturated/α-hetero) is 1. The van der Waals surface area contributed by atoms with E-state index in [0.29, 0.717) is 42.5 Å². The first-order valence-electron chi connectivity index (χ1n) is 14.4. The SMILES string of the molecule is CCC.CCCCC(=O)c1c(N(CCC)C(C)=O)nc(NC2CCCCC2)n1Cc1ccc(OF)c(C)c1. The molecule has 0 aliphatic heterocycles. The molecule has 7 nitrogen and oxygen atoms in total. The van der Waals surface area contributed by atoms with Crippen LogP contribution >= 0.6 is 0 Å². The number of hydrogen-bond acceptors (Lipinski definition) is 5. The van der Waals surface area contributed by atoms with Gasteiger partial charge in [0.25, 0.3) is 0 Å². The van der Waals surface area contributed by atoms with Crippen LogP contribution in [0.1, 0.15) is 120 Å². The number of hydrogen-bond donors (Lipinski definition) is 1. The van der Waals surface area contributed by atoms with Crippen molar-refractivity contribution in [3.05, 3.63) is 35.0 Å².